The highest BCUT2D eigenvalue weighted by Crippen LogP contribution is 2.39. The molecular formula is C18H25N7O5SSi2. The molecule has 0 aromatic carbocycles. The molecule has 0 amide bonds. The van der Waals surface area contributed by atoms with Crippen LogP contribution in [-0.4, -0.2) is 76.3 Å². The number of nitrogens with two attached hydrogens (primary N) is 1. The van der Waals surface area contributed by atoms with Crippen LogP contribution in [0.5, 0.6) is 0 Å². The molecule has 0 spiro atoms. The molecule has 2 aliphatic heterocycles. The van der Waals surface area contributed by atoms with E-state index in [0.29, 0.717) is 17.8 Å². The number of fused-ring (bicyclic) bond motifs is 2. The van der Waals surface area contributed by atoms with Crippen LogP contribution in [0, 0.1) is 0 Å². The average molecular weight is 508 g/mol. The molecule has 2 aliphatic rings. The van der Waals surface area contributed by atoms with Crippen molar-refractivity contribution < 1.29 is 22.4 Å². The molecule has 0 aliphatic carbocycles. The van der Waals surface area contributed by atoms with Crippen molar-refractivity contribution in [1.82, 2.24) is 29.1 Å². The summed E-state index contributed by atoms with van der Waals surface area (Å²) in [5.74, 6) is 0.281. The van der Waals surface area contributed by atoms with E-state index < -0.39 is 41.7 Å². The summed E-state index contributed by atoms with van der Waals surface area (Å²) in [4.78, 5) is 16.8. The Morgan fingerprint density at radius 3 is 2.76 bits per heavy atom. The summed E-state index contributed by atoms with van der Waals surface area (Å²) in [6, 6.07) is 0. The van der Waals surface area contributed by atoms with Crippen LogP contribution < -0.4 is 5.73 Å². The Labute approximate surface area is 197 Å². The predicted octanol–water partition coefficient (Wildman–Crippen LogP) is 1.56. The van der Waals surface area contributed by atoms with Gasteiger partial charge in [0.15, 0.2) is 23.8 Å². The fourth-order valence-corrected chi connectivity index (χ4v) is 11.1. The molecule has 5 rings (SSSR count). The van der Waals surface area contributed by atoms with Crippen molar-refractivity contribution in [3.05, 3.63) is 31.4 Å². The number of hydrogen-bond donors (Lipinski definition) is 1. The zero-order valence-electron chi connectivity index (χ0n) is 18.6. The van der Waals surface area contributed by atoms with Gasteiger partial charge >= 0.3 is 17.1 Å². The molecule has 4 atom stereocenters. The number of rotatable bonds is 2. The molecule has 2 saturated heterocycles. The Bertz CT molecular complexity index is 1170. The van der Waals surface area contributed by atoms with E-state index in [9.17, 15) is 0 Å². The summed E-state index contributed by atoms with van der Waals surface area (Å²) in [5.41, 5.74) is 6.99. The highest BCUT2D eigenvalue weighted by molar-refractivity contribution is 7.80. The molecule has 3 aromatic heterocycles. The van der Waals surface area contributed by atoms with Gasteiger partial charge in [-0.25, -0.2) is 19.9 Å². The first-order chi connectivity index (χ1) is 15.6. The van der Waals surface area contributed by atoms with Gasteiger partial charge in [0.1, 0.15) is 30.4 Å². The summed E-state index contributed by atoms with van der Waals surface area (Å²) < 4.78 is 35.2. The lowest BCUT2D eigenvalue weighted by Crippen LogP contribution is -2.57. The Kier molecular flexibility index (Phi) is 5.59. The fraction of sp³-hybridized carbons (Fsp3) is 0.500. The number of nitrogen functional groups attached to an aromatic ring is 1. The average Bonchev–Trinajstić information content (AvgIpc) is 3.45. The molecule has 176 valence electrons. The first-order valence-electron chi connectivity index (χ1n) is 10.4. The second kappa shape index (κ2) is 8.19. The zero-order chi connectivity index (χ0) is 23.4. The third kappa shape index (κ3) is 4.32. The minimum atomic E-state index is -2.59. The van der Waals surface area contributed by atoms with E-state index in [4.69, 9.17) is 40.4 Å². The number of thiocarbonyl (C=S) groups is 1. The van der Waals surface area contributed by atoms with Crippen molar-refractivity contribution >= 4 is 51.5 Å². The maximum atomic E-state index is 6.58. The van der Waals surface area contributed by atoms with Gasteiger partial charge in [-0.2, -0.15) is 0 Å². The van der Waals surface area contributed by atoms with Crippen LogP contribution in [0.25, 0.3) is 11.2 Å². The maximum Gasteiger partial charge on any atom is 0.323 e. The highest BCUT2D eigenvalue weighted by atomic mass is 32.1. The van der Waals surface area contributed by atoms with Crippen molar-refractivity contribution in [2.75, 3.05) is 12.3 Å². The van der Waals surface area contributed by atoms with Crippen LogP contribution in [0.15, 0.2) is 31.4 Å². The van der Waals surface area contributed by atoms with Crippen LogP contribution in [0.4, 0.5) is 5.82 Å². The van der Waals surface area contributed by atoms with E-state index in [-0.39, 0.29) is 11.0 Å². The van der Waals surface area contributed by atoms with Gasteiger partial charge in [-0.05, 0) is 38.4 Å². The molecule has 0 bridgehead atoms. The zero-order valence-corrected chi connectivity index (χ0v) is 21.4. The SMILES string of the molecule is C[Si]1(C)OCC2OC(n3cnc4c(N)ncnc43)C(OC(=S)n3ccnc3)C2O[Si](C)(C)O1. The van der Waals surface area contributed by atoms with Crippen molar-refractivity contribution in [3.8, 4) is 0 Å². The van der Waals surface area contributed by atoms with E-state index in [1.54, 1.807) is 34.2 Å². The Balaban J connectivity index is 1.55. The molecule has 15 heteroatoms. The summed E-state index contributed by atoms with van der Waals surface area (Å²) in [5, 5.41) is 0.215. The topological polar surface area (TPSA) is 134 Å². The summed E-state index contributed by atoms with van der Waals surface area (Å²) in [7, 11) is -4.97. The lowest BCUT2D eigenvalue weighted by Gasteiger charge is -2.39. The van der Waals surface area contributed by atoms with Crippen LogP contribution in [0.1, 0.15) is 6.23 Å². The van der Waals surface area contributed by atoms with Gasteiger partial charge in [-0.3, -0.25) is 9.13 Å². The summed E-state index contributed by atoms with van der Waals surface area (Å²) in [6.07, 6.45) is 5.70. The quantitative estimate of drug-likeness (QED) is 0.400. The number of ether oxygens (including phenoxy) is 2. The second-order valence-corrected chi connectivity index (χ2v) is 16.1. The van der Waals surface area contributed by atoms with E-state index in [1.807, 2.05) is 26.2 Å². The van der Waals surface area contributed by atoms with Gasteiger partial charge in [0.2, 0.25) is 0 Å². The predicted molar refractivity (Wildman–Crippen MR) is 126 cm³/mol. The van der Waals surface area contributed by atoms with Crippen molar-refractivity contribution in [3.63, 3.8) is 0 Å². The molecule has 2 fully saturated rings. The highest BCUT2D eigenvalue weighted by Gasteiger charge is 2.54. The smallest absolute Gasteiger partial charge is 0.323 e. The molecule has 12 nitrogen and oxygen atoms in total. The number of nitrogens with zero attached hydrogens (tertiary/aromatic N) is 6. The van der Waals surface area contributed by atoms with Crippen LogP contribution in [-0.2, 0) is 22.4 Å². The normalized spacial score (nSPS) is 28.7. The van der Waals surface area contributed by atoms with Gasteiger partial charge in [0, 0.05) is 12.4 Å². The van der Waals surface area contributed by atoms with Gasteiger partial charge < -0.3 is 28.2 Å². The molecule has 4 unspecified atom stereocenters. The Morgan fingerprint density at radius 1 is 1.18 bits per heavy atom. The molecule has 5 heterocycles. The number of imidazole rings is 2. The Hall–Kier alpha value is -2.28. The van der Waals surface area contributed by atoms with Gasteiger partial charge in [-0.15, -0.1) is 0 Å². The first kappa shape index (κ1) is 22.5. The second-order valence-electron chi connectivity index (χ2n) is 8.76. The van der Waals surface area contributed by atoms with Gasteiger partial charge in [-0.1, -0.05) is 0 Å². The van der Waals surface area contributed by atoms with Gasteiger partial charge in [0.05, 0.1) is 12.9 Å². The van der Waals surface area contributed by atoms with E-state index >= 15 is 0 Å². The van der Waals surface area contributed by atoms with Gasteiger partial charge in [0.25, 0.3) is 5.17 Å². The van der Waals surface area contributed by atoms with Crippen molar-refractivity contribution in [2.45, 2.75) is 50.7 Å². The van der Waals surface area contributed by atoms with Crippen LogP contribution in [0.3, 0.4) is 0 Å². The standard InChI is InChI=1S/C18H25N7O5SSi2/c1-32(2)26-7-11-13(29-33(3,4)30-32)14(28-18(31)24-6-5-20-9-24)17(27-11)25-10-23-12-15(19)21-8-22-16(12)25/h5-6,8-11,13-14,17H,7H2,1-4H3,(H2,19,21,22). The molecule has 3 aromatic rings. The first-order valence-corrected chi connectivity index (χ1v) is 16.5. The van der Waals surface area contributed by atoms with E-state index in [1.165, 1.54) is 6.33 Å². The fourth-order valence-electron chi connectivity index (χ4n) is 4.19. The molecule has 2 N–H and O–H groups in total. The van der Waals surface area contributed by atoms with Crippen molar-refractivity contribution in [2.24, 2.45) is 0 Å². The lowest BCUT2D eigenvalue weighted by atomic mass is 10.1. The monoisotopic (exact) mass is 507 g/mol. The lowest BCUT2D eigenvalue weighted by molar-refractivity contribution is -0.0530. The van der Waals surface area contributed by atoms with Crippen LogP contribution >= 0.6 is 12.2 Å². The largest absolute Gasteiger partial charge is 0.459 e. The minimum Gasteiger partial charge on any atom is -0.459 e. The molecule has 33 heavy (non-hydrogen) atoms. The van der Waals surface area contributed by atoms with E-state index in [2.05, 4.69) is 19.9 Å². The molecule has 0 radical (unpaired) electrons. The molecular weight excluding hydrogens is 482 g/mol. The summed E-state index contributed by atoms with van der Waals surface area (Å²) >= 11 is 5.53. The number of anilines is 1. The van der Waals surface area contributed by atoms with Crippen LogP contribution in [0.2, 0.25) is 26.2 Å². The summed E-state index contributed by atoms with van der Waals surface area (Å²) in [6.45, 7) is 8.29. The van der Waals surface area contributed by atoms with E-state index in [0.717, 1.165) is 0 Å². The number of hydrogen-bond acceptors (Lipinski definition) is 11. The Morgan fingerprint density at radius 2 is 2.00 bits per heavy atom. The van der Waals surface area contributed by atoms with Crippen molar-refractivity contribution in [1.29, 1.82) is 0 Å². The number of aromatic nitrogens is 6. The third-order valence-corrected chi connectivity index (χ3v) is 11.3. The minimum absolute atomic E-state index is 0.215. The molecule has 0 saturated carbocycles. The third-order valence-electron chi connectivity index (χ3n) is 5.41. The maximum absolute atomic E-state index is 6.58.